The van der Waals surface area contributed by atoms with E-state index in [0.717, 1.165) is 18.5 Å². The lowest BCUT2D eigenvalue weighted by Crippen LogP contribution is -2.26. The highest BCUT2D eigenvalue weighted by molar-refractivity contribution is 5.92. The van der Waals surface area contributed by atoms with Gasteiger partial charge in [-0.05, 0) is 37.1 Å². The van der Waals surface area contributed by atoms with Crippen LogP contribution in [0, 0.1) is 0 Å². The lowest BCUT2D eigenvalue weighted by atomic mass is 10.1. The maximum atomic E-state index is 11.8. The Kier molecular flexibility index (Phi) is 4.18. The highest BCUT2D eigenvalue weighted by Gasteiger charge is 2.08. The van der Waals surface area contributed by atoms with Crippen LogP contribution in [0.1, 0.15) is 23.0 Å². The average molecular weight is 259 g/mol. The number of benzene rings is 1. The minimum absolute atomic E-state index is 0.161. The Bertz CT molecular complexity index is 546. The molecule has 2 rings (SSSR count). The number of aromatic hydroxyl groups is 1. The zero-order valence-electron chi connectivity index (χ0n) is 10.8. The first-order valence-electron chi connectivity index (χ1n) is 6.28. The number of carbonyl (C=O) groups is 1. The number of aromatic nitrogens is 2. The van der Waals surface area contributed by atoms with Gasteiger partial charge in [-0.3, -0.25) is 9.48 Å². The second-order valence-corrected chi connectivity index (χ2v) is 4.23. The van der Waals surface area contributed by atoms with Gasteiger partial charge in [0.1, 0.15) is 11.4 Å². The molecule has 2 aromatic rings. The summed E-state index contributed by atoms with van der Waals surface area (Å²) in [5.74, 6) is 0.0869. The molecule has 0 fully saturated rings. The number of carbonyl (C=O) groups excluding carboxylic acids is 1. The molecule has 5 heteroatoms. The van der Waals surface area contributed by atoms with Gasteiger partial charge in [0.05, 0.1) is 0 Å². The number of amides is 1. The molecule has 100 valence electrons. The molecule has 0 bridgehead atoms. The summed E-state index contributed by atoms with van der Waals surface area (Å²) in [6.07, 6.45) is 2.51. The quantitative estimate of drug-likeness (QED) is 0.856. The van der Waals surface area contributed by atoms with Crippen LogP contribution in [0.4, 0.5) is 0 Å². The van der Waals surface area contributed by atoms with Crippen molar-refractivity contribution < 1.29 is 9.90 Å². The molecule has 1 aromatic heterocycles. The van der Waals surface area contributed by atoms with Crippen LogP contribution in [0.25, 0.3) is 0 Å². The molecule has 1 heterocycles. The molecule has 0 saturated heterocycles. The zero-order chi connectivity index (χ0) is 13.7. The first-order valence-corrected chi connectivity index (χ1v) is 6.28. The van der Waals surface area contributed by atoms with Crippen LogP contribution in [0.3, 0.4) is 0 Å². The minimum Gasteiger partial charge on any atom is -0.508 e. The maximum absolute atomic E-state index is 11.8. The molecular formula is C14H17N3O2. The fourth-order valence-corrected chi connectivity index (χ4v) is 1.73. The summed E-state index contributed by atoms with van der Waals surface area (Å²) in [4.78, 5) is 11.8. The fraction of sp³-hybridized carbons (Fsp3) is 0.286. The van der Waals surface area contributed by atoms with Crippen LogP contribution in [0.5, 0.6) is 5.75 Å². The molecule has 0 spiro atoms. The molecule has 0 aliphatic carbocycles. The highest BCUT2D eigenvalue weighted by Crippen LogP contribution is 2.09. The predicted molar refractivity (Wildman–Crippen MR) is 72.0 cm³/mol. The van der Waals surface area contributed by atoms with Gasteiger partial charge in [0.25, 0.3) is 5.91 Å². The highest BCUT2D eigenvalue weighted by atomic mass is 16.3. The van der Waals surface area contributed by atoms with Crippen LogP contribution in [0.15, 0.2) is 36.5 Å². The van der Waals surface area contributed by atoms with Gasteiger partial charge in [-0.1, -0.05) is 12.1 Å². The van der Waals surface area contributed by atoms with Crippen molar-refractivity contribution in [1.82, 2.24) is 15.1 Å². The number of nitrogens with zero attached hydrogens (tertiary/aromatic N) is 2. The van der Waals surface area contributed by atoms with E-state index in [0.29, 0.717) is 12.2 Å². The molecule has 0 aliphatic rings. The topological polar surface area (TPSA) is 67.2 Å². The third-order valence-electron chi connectivity index (χ3n) is 2.83. The second kappa shape index (κ2) is 6.04. The molecule has 0 atom stereocenters. The van der Waals surface area contributed by atoms with Crippen LogP contribution in [0.2, 0.25) is 0 Å². The summed E-state index contributed by atoms with van der Waals surface area (Å²) in [6, 6.07) is 8.67. The Labute approximate surface area is 111 Å². The van der Waals surface area contributed by atoms with E-state index < -0.39 is 0 Å². The van der Waals surface area contributed by atoms with Gasteiger partial charge in [-0.2, -0.15) is 5.10 Å². The van der Waals surface area contributed by atoms with E-state index in [1.165, 1.54) is 0 Å². The Morgan fingerprint density at radius 3 is 2.68 bits per heavy atom. The lowest BCUT2D eigenvalue weighted by molar-refractivity contribution is 0.0948. The number of phenols is 1. The summed E-state index contributed by atoms with van der Waals surface area (Å²) in [5, 5.41) is 16.1. The van der Waals surface area contributed by atoms with Crippen molar-refractivity contribution in [1.29, 1.82) is 0 Å². The van der Waals surface area contributed by atoms with Gasteiger partial charge in [-0.25, -0.2) is 0 Å². The molecular weight excluding hydrogens is 242 g/mol. The van der Waals surface area contributed by atoms with Crippen LogP contribution < -0.4 is 5.32 Å². The van der Waals surface area contributed by atoms with E-state index in [1.54, 1.807) is 29.1 Å². The molecule has 1 amide bonds. The summed E-state index contributed by atoms with van der Waals surface area (Å²) < 4.78 is 1.72. The Hall–Kier alpha value is -2.30. The van der Waals surface area contributed by atoms with E-state index in [-0.39, 0.29) is 11.7 Å². The molecule has 2 N–H and O–H groups in total. The van der Waals surface area contributed by atoms with Gasteiger partial charge >= 0.3 is 0 Å². The SMILES string of the molecule is CCn1ccc(C(=O)NCCc2ccc(O)cc2)n1. The number of aryl methyl sites for hydroxylation is 1. The normalized spacial score (nSPS) is 10.4. The number of nitrogens with one attached hydrogen (secondary N) is 1. The zero-order valence-corrected chi connectivity index (χ0v) is 10.8. The van der Waals surface area contributed by atoms with E-state index in [2.05, 4.69) is 10.4 Å². The monoisotopic (exact) mass is 259 g/mol. The largest absolute Gasteiger partial charge is 0.508 e. The van der Waals surface area contributed by atoms with Gasteiger partial charge < -0.3 is 10.4 Å². The third-order valence-corrected chi connectivity index (χ3v) is 2.83. The number of rotatable bonds is 5. The third kappa shape index (κ3) is 3.58. The van der Waals surface area contributed by atoms with Crippen molar-refractivity contribution in [2.75, 3.05) is 6.54 Å². The molecule has 5 nitrogen and oxygen atoms in total. The molecule has 0 saturated carbocycles. The van der Waals surface area contributed by atoms with Gasteiger partial charge in [-0.15, -0.1) is 0 Å². The van der Waals surface area contributed by atoms with Crippen LogP contribution in [-0.2, 0) is 13.0 Å². The number of hydrogen-bond acceptors (Lipinski definition) is 3. The van der Waals surface area contributed by atoms with Gasteiger partial charge in [0.2, 0.25) is 0 Å². The van der Waals surface area contributed by atoms with Gasteiger partial charge in [0, 0.05) is 19.3 Å². The van der Waals surface area contributed by atoms with Crippen molar-refractivity contribution in [3.05, 3.63) is 47.8 Å². The molecule has 0 aliphatic heterocycles. The smallest absolute Gasteiger partial charge is 0.271 e. The lowest BCUT2D eigenvalue weighted by Gasteiger charge is -2.04. The van der Waals surface area contributed by atoms with Crippen LogP contribution in [-0.4, -0.2) is 27.3 Å². The first-order chi connectivity index (χ1) is 9.19. The molecule has 1 aromatic carbocycles. The molecule has 0 unspecified atom stereocenters. The Balaban J connectivity index is 1.82. The van der Waals surface area contributed by atoms with Crippen molar-refractivity contribution in [2.24, 2.45) is 0 Å². The Morgan fingerprint density at radius 1 is 1.32 bits per heavy atom. The number of hydrogen-bond donors (Lipinski definition) is 2. The predicted octanol–water partition coefficient (Wildman–Crippen LogP) is 1.58. The summed E-state index contributed by atoms with van der Waals surface area (Å²) in [5.41, 5.74) is 1.50. The van der Waals surface area contributed by atoms with Crippen molar-refractivity contribution in [2.45, 2.75) is 19.9 Å². The van der Waals surface area contributed by atoms with Gasteiger partial charge in [0.15, 0.2) is 0 Å². The number of phenolic OH excluding ortho intramolecular Hbond substituents is 1. The van der Waals surface area contributed by atoms with E-state index in [4.69, 9.17) is 5.11 Å². The van der Waals surface area contributed by atoms with E-state index in [1.807, 2.05) is 19.1 Å². The standard InChI is InChI=1S/C14H17N3O2/c1-2-17-10-8-13(16-17)14(19)15-9-7-11-3-5-12(18)6-4-11/h3-6,8,10,18H,2,7,9H2,1H3,(H,15,19). The van der Waals surface area contributed by atoms with E-state index in [9.17, 15) is 4.79 Å². The Morgan fingerprint density at radius 2 is 2.05 bits per heavy atom. The maximum Gasteiger partial charge on any atom is 0.271 e. The fourth-order valence-electron chi connectivity index (χ4n) is 1.73. The average Bonchev–Trinajstić information content (AvgIpc) is 2.90. The molecule has 0 radical (unpaired) electrons. The van der Waals surface area contributed by atoms with Crippen LogP contribution >= 0.6 is 0 Å². The summed E-state index contributed by atoms with van der Waals surface area (Å²) in [7, 11) is 0. The second-order valence-electron chi connectivity index (χ2n) is 4.23. The minimum atomic E-state index is -0.161. The van der Waals surface area contributed by atoms with Crippen molar-refractivity contribution in [3.63, 3.8) is 0 Å². The van der Waals surface area contributed by atoms with E-state index >= 15 is 0 Å². The molecule has 19 heavy (non-hydrogen) atoms. The first kappa shape index (κ1) is 13.1. The summed E-state index contributed by atoms with van der Waals surface area (Å²) in [6.45, 7) is 3.27. The van der Waals surface area contributed by atoms with Crippen molar-refractivity contribution >= 4 is 5.91 Å². The van der Waals surface area contributed by atoms with Crippen molar-refractivity contribution in [3.8, 4) is 5.75 Å². The summed E-state index contributed by atoms with van der Waals surface area (Å²) >= 11 is 0.